The lowest BCUT2D eigenvalue weighted by atomic mass is 9.95. The van der Waals surface area contributed by atoms with E-state index in [1.807, 2.05) is 79.0 Å². The van der Waals surface area contributed by atoms with Crippen molar-refractivity contribution in [3.05, 3.63) is 125 Å². The number of hydrogen-bond donors (Lipinski definition) is 2. The van der Waals surface area contributed by atoms with Crippen LogP contribution in [0, 0.1) is 0 Å². The average Bonchev–Trinajstić information content (AvgIpc) is 3.05. The largest absolute Gasteiger partial charge is 0.508 e. The molecule has 174 valence electrons. The van der Waals surface area contributed by atoms with E-state index in [0.717, 1.165) is 44.4 Å². The number of fused-ring (bicyclic) bond motifs is 1. The number of aliphatic imine (C=N–C) groups is 1. The fourth-order valence-corrected chi connectivity index (χ4v) is 5.50. The number of halogens is 1. The Morgan fingerprint density at radius 2 is 1.63 bits per heavy atom. The molecule has 1 unspecified atom stereocenters. The van der Waals surface area contributed by atoms with Gasteiger partial charge in [0.15, 0.2) is 0 Å². The second kappa shape index (κ2) is 10.3. The number of thioether (sulfide) groups is 1. The van der Waals surface area contributed by atoms with Crippen LogP contribution in [-0.2, 0) is 0 Å². The summed E-state index contributed by atoms with van der Waals surface area (Å²) in [7, 11) is 1.65. The Balaban J connectivity index is 1.68. The van der Waals surface area contributed by atoms with Crippen LogP contribution in [-0.4, -0.2) is 17.9 Å². The normalized spacial score (nSPS) is 16.2. The predicted octanol–water partition coefficient (Wildman–Crippen LogP) is 8.02. The van der Waals surface area contributed by atoms with Gasteiger partial charge < -0.3 is 15.2 Å². The standard InChI is InChI=1S/C29H23ClN2O2S/c1-34-22-16-12-20(13-17-22)31-18-24-28(19-10-14-21(33)15-11-19)32-26-8-4-5-9-27(26)35-29(24)23-6-2-3-7-25(23)30/h2-18,29,31,33H,1H3/b24-18+. The first kappa shape index (κ1) is 23.1. The Kier molecular flexibility index (Phi) is 6.80. The number of aromatic hydroxyl groups is 1. The summed E-state index contributed by atoms with van der Waals surface area (Å²) in [4.78, 5) is 6.18. The lowest BCUT2D eigenvalue weighted by Gasteiger charge is -2.22. The number of phenols is 1. The first-order valence-corrected chi connectivity index (χ1v) is 12.4. The fraction of sp³-hybridized carbons (Fsp3) is 0.0690. The number of nitrogens with zero attached hydrogens (tertiary/aromatic N) is 1. The molecule has 4 nitrogen and oxygen atoms in total. The molecular formula is C29H23ClN2O2S. The summed E-state index contributed by atoms with van der Waals surface area (Å²) in [6.45, 7) is 0. The maximum absolute atomic E-state index is 9.90. The van der Waals surface area contributed by atoms with Crippen LogP contribution in [0.2, 0.25) is 5.02 Å². The van der Waals surface area contributed by atoms with Crippen LogP contribution in [0.5, 0.6) is 11.5 Å². The van der Waals surface area contributed by atoms with E-state index < -0.39 is 0 Å². The molecule has 0 radical (unpaired) electrons. The van der Waals surface area contributed by atoms with Gasteiger partial charge in [-0.25, -0.2) is 4.99 Å². The number of rotatable bonds is 5. The molecular weight excluding hydrogens is 476 g/mol. The molecule has 5 rings (SSSR count). The molecule has 2 N–H and O–H groups in total. The van der Waals surface area contributed by atoms with Crippen LogP contribution in [0.1, 0.15) is 16.4 Å². The van der Waals surface area contributed by atoms with E-state index in [2.05, 4.69) is 17.4 Å². The molecule has 4 aromatic carbocycles. The summed E-state index contributed by atoms with van der Waals surface area (Å²) >= 11 is 8.44. The highest BCUT2D eigenvalue weighted by molar-refractivity contribution is 8.00. The Morgan fingerprint density at radius 1 is 0.914 bits per heavy atom. The van der Waals surface area contributed by atoms with E-state index in [9.17, 15) is 5.11 Å². The lowest BCUT2D eigenvalue weighted by Crippen LogP contribution is -2.12. The summed E-state index contributed by atoms with van der Waals surface area (Å²) in [6.07, 6.45) is 2.00. The summed E-state index contributed by atoms with van der Waals surface area (Å²) in [5.74, 6) is 1.01. The van der Waals surface area contributed by atoms with Gasteiger partial charge in [0.25, 0.3) is 0 Å². The monoisotopic (exact) mass is 498 g/mol. The highest BCUT2D eigenvalue weighted by atomic mass is 35.5. The van der Waals surface area contributed by atoms with Crippen LogP contribution in [0.25, 0.3) is 0 Å². The topological polar surface area (TPSA) is 53.8 Å². The Bertz CT molecular complexity index is 1400. The lowest BCUT2D eigenvalue weighted by molar-refractivity contribution is 0.415. The minimum atomic E-state index is -0.120. The van der Waals surface area contributed by atoms with Crippen molar-refractivity contribution in [2.24, 2.45) is 4.99 Å². The number of methoxy groups -OCH3 is 1. The van der Waals surface area contributed by atoms with E-state index >= 15 is 0 Å². The van der Waals surface area contributed by atoms with Crippen LogP contribution in [0.15, 0.2) is 119 Å². The molecule has 0 bridgehead atoms. The summed E-state index contributed by atoms with van der Waals surface area (Å²) in [5, 5.41) is 13.9. The molecule has 1 aliphatic rings. The number of para-hydroxylation sites is 1. The molecule has 0 spiro atoms. The molecule has 0 aromatic heterocycles. The number of benzene rings is 4. The highest BCUT2D eigenvalue weighted by Crippen LogP contribution is 2.49. The number of hydrogen-bond acceptors (Lipinski definition) is 5. The van der Waals surface area contributed by atoms with E-state index in [1.165, 1.54) is 0 Å². The van der Waals surface area contributed by atoms with Crippen molar-refractivity contribution >= 4 is 40.4 Å². The zero-order valence-electron chi connectivity index (χ0n) is 19.0. The number of nitrogens with one attached hydrogen (secondary N) is 1. The molecule has 1 aliphatic heterocycles. The average molecular weight is 499 g/mol. The molecule has 1 atom stereocenters. The summed E-state index contributed by atoms with van der Waals surface area (Å²) < 4.78 is 5.29. The van der Waals surface area contributed by atoms with Crippen molar-refractivity contribution in [1.82, 2.24) is 0 Å². The van der Waals surface area contributed by atoms with E-state index in [1.54, 1.807) is 31.0 Å². The zero-order chi connectivity index (χ0) is 24.2. The molecule has 6 heteroatoms. The summed E-state index contributed by atoms with van der Waals surface area (Å²) in [5.41, 5.74) is 5.51. The van der Waals surface area contributed by atoms with Gasteiger partial charge in [0.2, 0.25) is 0 Å². The number of phenolic OH excluding ortho intramolecular Hbond substituents is 1. The van der Waals surface area contributed by atoms with Gasteiger partial charge in [-0.05, 0) is 72.3 Å². The Morgan fingerprint density at radius 3 is 2.37 bits per heavy atom. The molecule has 0 fully saturated rings. The maximum atomic E-state index is 9.90. The Labute approximate surface area is 214 Å². The maximum Gasteiger partial charge on any atom is 0.119 e. The summed E-state index contributed by atoms with van der Waals surface area (Å²) in [6, 6.07) is 30.9. The van der Waals surface area contributed by atoms with Crippen molar-refractivity contribution in [2.75, 3.05) is 12.4 Å². The molecule has 1 heterocycles. The molecule has 0 saturated heterocycles. The van der Waals surface area contributed by atoms with Gasteiger partial charge in [-0.15, -0.1) is 11.8 Å². The third kappa shape index (κ3) is 5.06. The predicted molar refractivity (Wildman–Crippen MR) is 145 cm³/mol. The van der Waals surface area contributed by atoms with Crippen molar-refractivity contribution in [3.8, 4) is 11.5 Å². The van der Waals surface area contributed by atoms with Gasteiger partial charge in [0.1, 0.15) is 11.5 Å². The van der Waals surface area contributed by atoms with Crippen molar-refractivity contribution in [1.29, 1.82) is 0 Å². The number of anilines is 1. The minimum absolute atomic E-state index is 0.120. The van der Waals surface area contributed by atoms with Crippen LogP contribution < -0.4 is 10.1 Å². The SMILES string of the molecule is COc1ccc(N/C=C2\C(c3ccc(O)cc3)=Nc3ccccc3SC2c2ccccc2Cl)cc1. The van der Waals surface area contributed by atoms with Gasteiger partial charge in [-0.2, -0.15) is 0 Å². The smallest absolute Gasteiger partial charge is 0.119 e. The molecule has 0 aliphatic carbocycles. The second-order valence-corrected chi connectivity index (χ2v) is 9.52. The van der Waals surface area contributed by atoms with Gasteiger partial charge >= 0.3 is 0 Å². The van der Waals surface area contributed by atoms with Crippen LogP contribution in [0.4, 0.5) is 11.4 Å². The van der Waals surface area contributed by atoms with Crippen LogP contribution in [0.3, 0.4) is 0 Å². The van der Waals surface area contributed by atoms with Crippen molar-refractivity contribution in [3.63, 3.8) is 0 Å². The fourth-order valence-electron chi connectivity index (χ4n) is 3.91. The molecule has 4 aromatic rings. The van der Waals surface area contributed by atoms with E-state index in [4.69, 9.17) is 21.3 Å². The first-order chi connectivity index (χ1) is 17.1. The number of ether oxygens (including phenoxy) is 1. The second-order valence-electron chi connectivity index (χ2n) is 7.97. The first-order valence-electron chi connectivity index (χ1n) is 11.1. The van der Waals surface area contributed by atoms with Gasteiger partial charge in [-0.1, -0.05) is 41.9 Å². The van der Waals surface area contributed by atoms with E-state index in [0.29, 0.717) is 5.02 Å². The van der Waals surface area contributed by atoms with Crippen molar-refractivity contribution < 1.29 is 9.84 Å². The van der Waals surface area contributed by atoms with E-state index in [-0.39, 0.29) is 11.0 Å². The molecule has 0 amide bonds. The highest BCUT2D eigenvalue weighted by Gasteiger charge is 2.29. The third-order valence-electron chi connectivity index (χ3n) is 5.71. The quantitative estimate of drug-likeness (QED) is 0.292. The van der Waals surface area contributed by atoms with Gasteiger partial charge in [0, 0.05) is 32.9 Å². The zero-order valence-corrected chi connectivity index (χ0v) is 20.6. The third-order valence-corrected chi connectivity index (χ3v) is 7.40. The Hall–Kier alpha value is -3.67. The van der Waals surface area contributed by atoms with Gasteiger partial charge in [0.05, 0.1) is 23.8 Å². The van der Waals surface area contributed by atoms with Gasteiger partial charge in [-0.3, -0.25) is 0 Å². The molecule has 0 saturated carbocycles. The van der Waals surface area contributed by atoms with Crippen molar-refractivity contribution in [2.45, 2.75) is 10.1 Å². The minimum Gasteiger partial charge on any atom is -0.508 e. The molecule has 35 heavy (non-hydrogen) atoms. The van der Waals surface area contributed by atoms with Crippen LogP contribution >= 0.6 is 23.4 Å².